The predicted molar refractivity (Wildman–Crippen MR) is 56.3 cm³/mol. The lowest BCUT2D eigenvalue weighted by Crippen LogP contribution is -2.29. The number of aromatic nitrogens is 1. The Kier molecular flexibility index (Phi) is 2.68. The summed E-state index contributed by atoms with van der Waals surface area (Å²) in [6.07, 6.45) is 5.61. The second kappa shape index (κ2) is 3.96. The van der Waals surface area contributed by atoms with Crippen LogP contribution in [0.2, 0.25) is 0 Å². The monoisotopic (exact) mass is 192 g/mol. The van der Waals surface area contributed by atoms with Gasteiger partial charge in [0.15, 0.2) is 0 Å². The van der Waals surface area contributed by atoms with E-state index in [-0.39, 0.29) is 5.56 Å². The molecule has 1 aliphatic rings. The Balaban J connectivity index is 2.20. The number of aromatic amines is 1. The average Bonchev–Trinajstić information content (AvgIpc) is 2.20. The van der Waals surface area contributed by atoms with Gasteiger partial charge in [0.1, 0.15) is 0 Å². The summed E-state index contributed by atoms with van der Waals surface area (Å²) in [5.74, 6) is 0. The first-order valence-electron chi connectivity index (χ1n) is 5.16. The minimum atomic E-state index is -0.0211. The Hall–Kier alpha value is -1.09. The summed E-state index contributed by atoms with van der Waals surface area (Å²) in [4.78, 5) is 16.0. The van der Waals surface area contributed by atoms with E-state index >= 15 is 0 Å². The van der Waals surface area contributed by atoms with Crippen molar-refractivity contribution in [3.8, 4) is 0 Å². The molecule has 1 saturated heterocycles. The van der Waals surface area contributed by atoms with Crippen molar-refractivity contribution in [2.24, 2.45) is 0 Å². The Morgan fingerprint density at radius 1 is 1.43 bits per heavy atom. The second-order valence-electron chi connectivity index (χ2n) is 3.98. The smallest absolute Gasteiger partial charge is 0.247 e. The van der Waals surface area contributed by atoms with Gasteiger partial charge >= 0.3 is 0 Å². The summed E-state index contributed by atoms with van der Waals surface area (Å²) < 4.78 is 0. The molecule has 1 atom stereocenters. The van der Waals surface area contributed by atoms with E-state index in [4.69, 9.17) is 0 Å². The third-order valence-corrected chi connectivity index (χ3v) is 2.96. The van der Waals surface area contributed by atoms with Gasteiger partial charge in [-0.3, -0.25) is 9.69 Å². The molecule has 1 aromatic rings. The number of piperidine rings is 1. The van der Waals surface area contributed by atoms with Crippen LogP contribution in [0.25, 0.3) is 0 Å². The van der Waals surface area contributed by atoms with Crippen molar-refractivity contribution < 1.29 is 0 Å². The van der Waals surface area contributed by atoms with E-state index in [2.05, 4.69) is 16.9 Å². The van der Waals surface area contributed by atoms with Crippen LogP contribution >= 0.6 is 0 Å². The van der Waals surface area contributed by atoms with Crippen molar-refractivity contribution in [1.29, 1.82) is 0 Å². The summed E-state index contributed by atoms with van der Waals surface area (Å²) in [5, 5.41) is 0. The van der Waals surface area contributed by atoms with Crippen molar-refractivity contribution in [3.05, 3.63) is 34.2 Å². The zero-order chi connectivity index (χ0) is 9.97. The van der Waals surface area contributed by atoms with Gasteiger partial charge in [0.25, 0.3) is 0 Å². The lowest BCUT2D eigenvalue weighted by molar-refractivity contribution is 0.187. The first-order valence-corrected chi connectivity index (χ1v) is 5.16. The van der Waals surface area contributed by atoms with Gasteiger partial charge in [0, 0.05) is 18.3 Å². The van der Waals surface area contributed by atoms with Gasteiger partial charge in [-0.1, -0.05) is 12.5 Å². The van der Waals surface area contributed by atoms with Crippen molar-refractivity contribution in [2.75, 3.05) is 13.6 Å². The number of hydrogen-bond donors (Lipinski definition) is 1. The van der Waals surface area contributed by atoms with E-state index < -0.39 is 0 Å². The molecule has 0 unspecified atom stereocenters. The molecule has 0 saturated carbocycles. The fraction of sp³-hybridized carbons (Fsp3) is 0.545. The number of rotatable bonds is 1. The molecular weight excluding hydrogens is 176 g/mol. The van der Waals surface area contributed by atoms with E-state index in [1.807, 2.05) is 12.3 Å². The molecule has 1 N–H and O–H groups in total. The van der Waals surface area contributed by atoms with E-state index in [1.165, 1.54) is 24.8 Å². The summed E-state index contributed by atoms with van der Waals surface area (Å²) >= 11 is 0. The van der Waals surface area contributed by atoms with Crippen LogP contribution in [0.5, 0.6) is 0 Å². The number of likely N-dealkylation sites (tertiary alicyclic amines) is 1. The molecule has 0 spiro atoms. The molecule has 0 amide bonds. The standard InChI is InChI=1S/C11H16N2O/c1-13-7-3-2-4-10(13)9-5-6-11(14)12-8-9/h5-6,8,10H,2-4,7H2,1H3,(H,12,14)/t10-/m1/s1. The Morgan fingerprint density at radius 3 is 2.93 bits per heavy atom. The lowest BCUT2D eigenvalue weighted by atomic mass is 9.97. The van der Waals surface area contributed by atoms with Crippen LogP contribution in [0.15, 0.2) is 23.1 Å². The molecule has 3 heteroatoms. The molecule has 3 nitrogen and oxygen atoms in total. The van der Waals surface area contributed by atoms with Crippen LogP contribution in [-0.4, -0.2) is 23.5 Å². The molecule has 76 valence electrons. The molecule has 1 aliphatic heterocycles. The van der Waals surface area contributed by atoms with Gasteiger partial charge in [-0.05, 0) is 32.0 Å². The number of hydrogen-bond acceptors (Lipinski definition) is 2. The number of pyridine rings is 1. The highest BCUT2D eigenvalue weighted by molar-refractivity contribution is 5.14. The third kappa shape index (κ3) is 1.87. The lowest BCUT2D eigenvalue weighted by Gasteiger charge is -2.32. The van der Waals surface area contributed by atoms with E-state index in [0.29, 0.717) is 6.04 Å². The van der Waals surface area contributed by atoms with E-state index in [0.717, 1.165) is 6.54 Å². The highest BCUT2D eigenvalue weighted by Crippen LogP contribution is 2.28. The number of H-pyrrole nitrogens is 1. The zero-order valence-corrected chi connectivity index (χ0v) is 8.49. The predicted octanol–water partition coefficient (Wildman–Crippen LogP) is 1.53. The molecule has 0 aromatic carbocycles. The Labute approximate surface area is 83.8 Å². The molecule has 1 aromatic heterocycles. The molecule has 14 heavy (non-hydrogen) atoms. The number of nitrogens with zero attached hydrogens (tertiary/aromatic N) is 1. The zero-order valence-electron chi connectivity index (χ0n) is 8.49. The van der Waals surface area contributed by atoms with Gasteiger partial charge in [-0.2, -0.15) is 0 Å². The van der Waals surface area contributed by atoms with Crippen molar-refractivity contribution in [2.45, 2.75) is 25.3 Å². The van der Waals surface area contributed by atoms with Gasteiger partial charge in [0.2, 0.25) is 5.56 Å². The largest absolute Gasteiger partial charge is 0.329 e. The summed E-state index contributed by atoms with van der Waals surface area (Å²) in [6.45, 7) is 1.16. The fourth-order valence-electron chi connectivity index (χ4n) is 2.13. The van der Waals surface area contributed by atoms with Crippen molar-refractivity contribution >= 4 is 0 Å². The van der Waals surface area contributed by atoms with Crippen LogP contribution < -0.4 is 5.56 Å². The molecular formula is C11H16N2O. The highest BCUT2D eigenvalue weighted by atomic mass is 16.1. The van der Waals surface area contributed by atoms with Gasteiger partial charge in [-0.15, -0.1) is 0 Å². The molecule has 0 aliphatic carbocycles. The molecule has 2 heterocycles. The average molecular weight is 192 g/mol. The molecule has 0 radical (unpaired) electrons. The van der Waals surface area contributed by atoms with Crippen LogP contribution in [0, 0.1) is 0 Å². The minimum Gasteiger partial charge on any atom is -0.329 e. The maximum Gasteiger partial charge on any atom is 0.247 e. The van der Waals surface area contributed by atoms with E-state index in [9.17, 15) is 4.79 Å². The summed E-state index contributed by atoms with van der Waals surface area (Å²) in [6, 6.07) is 4.03. The van der Waals surface area contributed by atoms with E-state index in [1.54, 1.807) is 6.07 Å². The van der Waals surface area contributed by atoms with Gasteiger partial charge in [-0.25, -0.2) is 0 Å². The number of nitrogens with one attached hydrogen (secondary N) is 1. The maximum atomic E-state index is 10.9. The fourth-order valence-corrected chi connectivity index (χ4v) is 2.13. The first kappa shape index (κ1) is 9.46. The molecule has 1 fully saturated rings. The van der Waals surface area contributed by atoms with Crippen LogP contribution in [0.1, 0.15) is 30.9 Å². The SMILES string of the molecule is CN1CCCC[C@@H]1c1ccc(=O)[nH]c1. The molecule has 2 rings (SSSR count). The van der Waals surface area contributed by atoms with Gasteiger partial charge < -0.3 is 4.98 Å². The van der Waals surface area contributed by atoms with Crippen LogP contribution in [0.3, 0.4) is 0 Å². The topological polar surface area (TPSA) is 36.1 Å². The summed E-state index contributed by atoms with van der Waals surface area (Å²) in [5.41, 5.74) is 1.21. The van der Waals surface area contributed by atoms with Crippen molar-refractivity contribution in [1.82, 2.24) is 9.88 Å². The Morgan fingerprint density at radius 2 is 2.29 bits per heavy atom. The third-order valence-electron chi connectivity index (χ3n) is 2.96. The first-order chi connectivity index (χ1) is 6.77. The maximum absolute atomic E-state index is 10.9. The quantitative estimate of drug-likeness (QED) is 0.732. The molecule has 0 bridgehead atoms. The van der Waals surface area contributed by atoms with Gasteiger partial charge in [0.05, 0.1) is 0 Å². The minimum absolute atomic E-state index is 0.0211. The second-order valence-corrected chi connectivity index (χ2v) is 3.98. The normalized spacial score (nSPS) is 23.6. The van der Waals surface area contributed by atoms with Crippen molar-refractivity contribution in [3.63, 3.8) is 0 Å². The highest BCUT2D eigenvalue weighted by Gasteiger charge is 2.20. The van der Waals surface area contributed by atoms with Crippen LogP contribution in [-0.2, 0) is 0 Å². The Bertz CT molecular complexity index is 338. The summed E-state index contributed by atoms with van der Waals surface area (Å²) in [7, 11) is 2.15. The van der Waals surface area contributed by atoms with Crippen LogP contribution in [0.4, 0.5) is 0 Å².